The molecule has 0 radical (unpaired) electrons. The van der Waals surface area contributed by atoms with Gasteiger partial charge in [0, 0.05) is 37.2 Å². The summed E-state index contributed by atoms with van der Waals surface area (Å²) in [5.41, 5.74) is 0. The highest BCUT2D eigenvalue weighted by atomic mass is 128. The molecule has 0 saturated heterocycles. The van der Waals surface area contributed by atoms with Gasteiger partial charge in [-0.1, -0.05) is 40.5 Å². The average molecular weight is 342 g/mol. The van der Waals surface area contributed by atoms with Crippen molar-refractivity contribution in [1.29, 1.82) is 0 Å². The van der Waals surface area contributed by atoms with E-state index < -0.39 is 0 Å². The molecule has 0 saturated carbocycles. The lowest BCUT2D eigenvalue weighted by Crippen LogP contribution is -1.59. The first kappa shape index (κ1) is 16.2. The highest BCUT2D eigenvalue weighted by Gasteiger charge is 1.68. The molecule has 8 heavy (non-hydrogen) atoms. The molecule has 0 bridgehead atoms. The molecule has 2 heteroatoms. The Morgan fingerprint density at radius 1 is 1.00 bits per heavy atom. The summed E-state index contributed by atoms with van der Waals surface area (Å²) < 4.78 is 0. The Bertz CT molecular complexity index is 14.0. The van der Waals surface area contributed by atoms with Crippen molar-refractivity contribution in [2.75, 3.05) is 0 Å². The maximum absolute atomic E-state index is 2.21. The minimum absolute atomic E-state index is 0. The van der Waals surface area contributed by atoms with Crippen molar-refractivity contribution in [2.24, 2.45) is 0 Å². The molecule has 0 amide bonds. The zero-order valence-corrected chi connectivity index (χ0v) is 9.19. The molecule has 0 fully saturated rings. The zero-order valence-electron chi connectivity index (χ0n) is 4.88. The van der Waals surface area contributed by atoms with Crippen LogP contribution < -0.4 is 0 Å². The van der Waals surface area contributed by atoms with Crippen LogP contribution in [0.4, 0.5) is 0 Å². The minimum atomic E-state index is 0. The van der Waals surface area contributed by atoms with Crippen molar-refractivity contribution in [2.45, 2.75) is 40.5 Å². The topological polar surface area (TPSA) is 0 Å². The Labute approximate surface area is 77.1 Å². The highest BCUT2D eigenvalue weighted by Crippen LogP contribution is 1.89. The third kappa shape index (κ3) is 26.0. The van der Waals surface area contributed by atoms with Crippen LogP contribution in [0.15, 0.2) is 0 Å². The predicted octanol–water partition coefficient (Wildman–Crippen LogP) is 4.60. The molecule has 0 atom stereocenters. The first-order valence-electron chi connectivity index (χ1n) is 2.56. The van der Waals surface area contributed by atoms with Gasteiger partial charge in [-0.3, -0.25) is 0 Å². The summed E-state index contributed by atoms with van der Waals surface area (Å²) in [5.74, 6) is 0. The van der Waals surface area contributed by atoms with Crippen LogP contribution in [-0.4, -0.2) is 0 Å². The molecule has 0 nitrogen and oxygen atoms in total. The van der Waals surface area contributed by atoms with Crippen molar-refractivity contribution in [3.05, 3.63) is 0 Å². The molecule has 0 spiro atoms. The lowest BCUT2D eigenvalue weighted by atomic mass is 10.3. The fraction of sp³-hybridized carbons (Fsp3) is 1.00. The van der Waals surface area contributed by atoms with Crippen LogP contribution in [0.1, 0.15) is 40.5 Å². The summed E-state index contributed by atoms with van der Waals surface area (Å²) >= 11 is 4.24. The standard InChI is InChI=1S/C5H12.CH4.I2/c1-3-5-4-2;;1-2/h3-5H2,1-2H3;1H4;. The van der Waals surface area contributed by atoms with Crippen molar-refractivity contribution < 1.29 is 0 Å². The van der Waals surface area contributed by atoms with Gasteiger partial charge < -0.3 is 0 Å². The molecule has 54 valence electrons. The van der Waals surface area contributed by atoms with Crippen molar-refractivity contribution in [3.63, 3.8) is 0 Å². The fourth-order valence-corrected chi connectivity index (χ4v) is 0.354. The smallest absolute Gasteiger partial charge is 0 e. The number of hydrogen-bond donors (Lipinski definition) is 0. The normalized spacial score (nSPS) is 6.00. The molecule has 0 aliphatic heterocycles. The van der Waals surface area contributed by atoms with Gasteiger partial charge in [0.1, 0.15) is 0 Å². The Morgan fingerprint density at radius 2 is 1.25 bits per heavy atom. The molecule has 0 N–H and O–H groups in total. The fourth-order valence-electron chi connectivity index (χ4n) is 0.354. The first-order chi connectivity index (χ1) is 3.41. The Hall–Kier alpha value is 1.46. The molecule has 0 aromatic heterocycles. The molecular weight excluding hydrogens is 326 g/mol. The summed E-state index contributed by atoms with van der Waals surface area (Å²) in [5, 5.41) is 0. The molecule has 0 heterocycles. The molecule has 0 unspecified atom stereocenters. The van der Waals surface area contributed by atoms with Gasteiger partial charge >= 0.3 is 0 Å². The van der Waals surface area contributed by atoms with Gasteiger partial charge in [0.05, 0.1) is 0 Å². The summed E-state index contributed by atoms with van der Waals surface area (Å²) in [6.07, 6.45) is 4.08. The van der Waals surface area contributed by atoms with E-state index in [0.29, 0.717) is 0 Å². The van der Waals surface area contributed by atoms with Crippen LogP contribution in [0, 0.1) is 0 Å². The molecular formula is C6H16I2. The van der Waals surface area contributed by atoms with Crippen molar-refractivity contribution in [1.82, 2.24) is 0 Å². The van der Waals surface area contributed by atoms with Crippen LogP contribution in [0.25, 0.3) is 0 Å². The van der Waals surface area contributed by atoms with Gasteiger partial charge in [0.25, 0.3) is 0 Å². The largest absolute Gasteiger partial charge is 0.0776 e. The molecule has 0 rings (SSSR count). The van der Waals surface area contributed by atoms with Gasteiger partial charge in [-0.2, -0.15) is 0 Å². The van der Waals surface area contributed by atoms with E-state index in [2.05, 4.69) is 51.1 Å². The number of rotatable bonds is 2. The van der Waals surface area contributed by atoms with E-state index in [4.69, 9.17) is 0 Å². The van der Waals surface area contributed by atoms with Crippen LogP contribution in [0.3, 0.4) is 0 Å². The number of hydrogen-bond acceptors (Lipinski definition) is 0. The highest BCUT2D eigenvalue weighted by molar-refractivity contribution is 15.0. The van der Waals surface area contributed by atoms with E-state index >= 15 is 0 Å². The van der Waals surface area contributed by atoms with Gasteiger partial charge in [-0.05, 0) is 0 Å². The second kappa shape index (κ2) is 23.7. The average Bonchev–Trinajstić information content (AvgIpc) is 1.75. The van der Waals surface area contributed by atoms with E-state index in [9.17, 15) is 0 Å². The SMILES string of the molecule is C.CCCCC.II. The van der Waals surface area contributed by atoms with Crippen LogP contribution >= 0.6 is 37.2 Å². The summed E-state index contributed by atoms with van der Waals surface area (Å²) in [7, 11) is 0. The lowest BCUT2D eigenvalue weighted by molar-refractivity contribution is 0.772. The van der Waals surface area contributed by atoms with Gasteiger partial charge in [-0.25, -0.2) is 0 Å². The van der Waals surface area contributed by atoms with Gasteiger partial charge in [0.15, 0.2) is 0 Å². The predicted molar refractivity (Wildman–Crippen MR) is 60.0 cm³/mol. The third-order valence-electron chi connectivity index (χ3n) is 0.707. The van der Waals surface area contributed by atoms with E-state index in [-0.39, 0.29) is 7.43 Å². The molecule has 0 aliphatic rings. The van der Waals surface area contributed by atoms with Crippen LogP contribution in [0.2, 0.25) is 0 Å². The Balaban J connectivity index is -0.0000000750. The quantitative estimate of drug-likeness (QED) is 0.644. The molecule has 0 aromatic rings. The summed E-state index contributed by atoms with van der Waals surface area (Å²) in [4.78, 5) is 0. The van der Waals surface area contributed by atoms with Gasteiger partial charge in [0.2, 0.25) is 0 Å². The maximum Gasteiger partial charge on any atom is 0 e. The minimum Gasteiger partial charge on any atom is -0.0776 e. The number of unbranched alkanes of at least 4 members (excludes halogenated alkanes) is 2. The van der Waals surface area contributed by atoms with Crippen LogP contribution in [0.5, 0.6) is 0 Å². The van der Waals surface area contributed by atoms with E-state index in [0.717, 1.165) is 0 Å². The van der Waals surface area contributed by atoms with Crippen molar-refractivity contribution >= 4 is 37.2 Å². The third-order valence-corrected chi connectivity index (χ3v) is 0.707. The van der Waals surface area contributed by atoms with E-state index in [1.807, 2.05) is 0 Å². The summed E-state index contributed by atoms with van der Waals surface area (Å²) in [6.45, 7) is 4.42. The first-order valence-corrected chi connectivity index (χ1v) is 8.84. The zero-order chi connectivity index (χ0) is 6.12. The van der Waals surface area contributed by atoms with Gasteiger partial charge in [-0.15, -0.1) is 0 Å². The van der Waals surface area contributed by atoms with Crippen molar-refractivity contribution in [3.8, 4) is 0 Å². The van der Waals surface area contributed by atoms with E-state index in [1.165, 1.54) is 19.3 Å². The monoisotopic (exact) mass is 342 g/mol. The second-order valence-corrected chi connectivity index (χ2v) is 1.35. The second-order valence-electron chi connectivity index (χ2n) is 1.35. The molecule has 0 aromatic carbocycles. The Kier molecular flexibility index (Phi) is 48.0. The van der Waals surface area contributed by atoms with Crippen LogP contribution in [-0.2, 0) is 0 Å². The Morgan fingerprint density at radius 3 is 1.25 bits per heavy atom. The number of halogens is 2. The van der Waals surface area contributed by atoms with E-state index in [1.54, 1.807) is 0 Å². The maximum atomic E-state index is 2.21. The lowest BCUT2D eigenvalue weighted by Gasteiger charge is -1.79. The summed E-state index contributed by atoms with van der Waals surface area (Å²) in [6, 6.07) is 0. The molecule has 0 aliphatic carbocycles.